The van der Waals surface area contributed by atoms with Crippen molar-refractivity contribution >= 4 is 16.8 Å². The van der Waals surface area contributed by atoms with E-state index in [9.17, 15) is 4.79 Å². The summed E-state index contributed by atoms with van der Waals surface area (Å²) in [6.07, 6.45) is 4.25. The normalized spacial score (nSPS) is 16.2. The molecule has 0 bridgehead atoms. The Kier molecular flexibility index (Phi) is 7.00. The number of aromatic amines is 1. The third-order valence-electron chi connectivity index (χ3n) is 6.54. The number of para-hydroxylation sites is 1. The first kappa shape index (κ1) is 23.0. The predicted molar refractivity (Wildman–Crippen MR) is 136 cm³/mol. The average Bonchev–Trinajstić information content (AvgIpc) is 3.59. The van der Waals surface area contributed by atoms with Crippen LogP contribution in [-0.2, 0) is 4.74 Å². The minimum Gasteiger partial charge on any atom is -0.497 e. The monoisotopic (exact) mass is 470 g/mol. The largest absolute Gasteiger partial charge is 0.497 e. The molecule has 0 spiro atoms. The molecule has 2 atom stereocenters. The first-order valence-electron chi connectivity index (χ1n) is 12.0. The lowest BCUT2D eigenvalue weighted by molar-refractivity contribution is 0.0679. The highest BCUT2D eigenvalue weighted by Crippen LogP contribution is 2.31. The molecule has 1 saturated heterocycles. The summed E-state index contributed by atoms with van der Waals surface area (Å²) in [6.45, 7) is 1.75. The summed E-state index contributed by atoms with van der Waals surface area (Å²) in [7, 11) is 1.66. The standard InChI is InChI=1S/C29H30N2O4/c1-33-22-13-11-20(12-14-22)26(27-18-30-28-10-3-2-9-25(27)28)17-31-29(32)21-6-4-7-23(16-21)35-19-24-8-5-15-34-24/h2-4,6-7,9-14,16,18,24,26,30H,5,8,15,17,19H2,1H3,(H,31,32). The van der Waals surface area contributed by atoms with Gasteiger partial charge in [0.1, 0.15) is 18.1 Å². The summed E-state index contributed by atoms with van der Waals surface area (Å²) < 4.78 is 16.8. The van der Waals surface area contributed by atoms with E-state index in [4.69, 9.17) is 14.2 Å². The molecule has 6 nitrogen and oxygen atoms in total. The number of benzene rings is 3. The Morgan fingerprint density at radius 3 is 2.74 bits per heavy atom. The predicted octanol–water partition coefficient (Wildman–Crippen LogP) is 5.30. The van der Waals surface area contributed by atoms with Crippen molar-refractivity contribution in [3.8, 4) is 11.5 Å². The second kappa shape index (κ2) is 10.7. The molecule has 3 aromatic carbocycles. The zero-order valence-corrected chi connectivity index (χ0v) is 19.8. The van der Waals surface area contributed by atoms with E-state index in [-0.39, 0.29) is 17.9 Å². The third kappa shape index (κ3) is 5.33. The Bertz CT molecular complexity index is 1280. The van der Waals surface area contributed by atoms with Gasteiger partial charge in [-0.1, -0.05) is 36.4 Å². The van der Waals surface area contributed by atoms with Gasteiger partial charge in [-0.25, -0.2) is 0 Å². The third-order valence-corrected chi connectivity index (χ3v) is 6.54. The average molecular weight is 471 g/mol. The minimum absolute atomic E-state index is 0.0278. The van der Waals surface area contributed by atoms with Crippen molar-refractivity contribution in [1.29, 1.82) is 0 Å². The molecule has 6 heteroatoms. The highest BCUT2D eigenvalue weighted by atomic mass is 16.5. The molecular weight excluding hydrogens is 440 g/mol. The van der Waals surface area contributed by atoms with Crippen LogP contribution < -0.4 is 14.8 Å². The van der Waals surface area contributed by atoms with Gasteiger partial charge in [-0.15, -0.1) is 0 Å². The van der Waals surface area contributed by atoms with Gasteiger partial charge >= 0.3 is 0 Å². The molecule has 35 heavy (non-hydrogen) atoms. The number of ether oxygens (including phenoxy) is 3. The lowest BCUT2D eigenvalue weighted by Crippen LogP contribution is -2.29. The number of rotatable bonds is 9. The van der Waals surface area contributed by atoms with Gasteiger partial charge in [0, 0.05) is 41.7 Å². The number of methoxy groups -OCH3 is 1. The van der Waals surface area contributed by atoms with Crippen molar-refractivity contribution in [2.24, 2.45) is 0 Å². The van der Waals surface area contributed by atoms with Crippen LogP contribution in [0.15, 0.2) is 79.0 Å². The molecule has 1 amide bonds. The number of fused-ring (bicyclic) bond motifs is 1. The second-order valence-corrected chi connectivity index (χ2v) is 8.80. The molecule has 180 valence electrons. The van der Waals surface area contributed by atoms with Crippen molar-refractivity contribution in [1.82, 2.24) is 10.3 Å². The van der Waals surface area contributed by atoms with Crippen LogP contribution in [0.1, 0.15) is 40.2 Å². The number of aromatic nitrogens is 1. The zero-order chi connectivity index (χ0) is 24.0. The van der Waals surface area contributed by atoms with E-state index in [2.05, 4.69) is 34.6 Å². The fraction of sp³-hybridized carbons (Fsp3) is 0.276. The molecule has 0 radical (unpaired) electrons. The van der Waals surface area contributed by atoms with Crippen LogP contribution in [-0.4, -0.2) is 43.9 Å². The van der Waals surface area contributed by atoms with Gasteiger partial charge in [0.25, 0.3) is 5.91 Å². The van der Waals surface area contributed by atoms with Crippen molar-refractivity contribution in [2.45, 2.75) is 24.9 Å². The molecule has 5 rings (SSSR count). The molecule has 4 aromatic rings. The topological polar surface area (TPSA) is 72.6 Å². The zero-order valence-electron chi connectivity index (χ0n) is 19.8. The second-order valence-electron chi connectivity index (χ2n) is 8.80. The molecule has 2 heterocycles. The summed E-state index contributed by atoms with van der Waals surface area (Å²) in [5, 5.41) is 4.28. The van der Waals surface area contributed by atoms with E-state index in [0.717, 1.165) is 47.2 Å². The van der Waals surface area contributed by atoms with Crippen molar-refractivity contribution in [3.05, 3.63) is 95.7 Å². The van der Waals surface area contributed by atoms with E-state index in [1.54, 1.807) is 13.2 Å². The highest BCUT2D eigenvalue weighted by molar-refractivity contribution is 5.94. The Labute approximate surface area is 205 Å². The van der Waals surface area contributed by atoms with Gasteiger partial charge in [0.2, 0.25) is 0 Å². The molecule has 1 aromatic heterocycles. The maximum Gasteiger partial charge on any atom is 0.251 e. The van der Waals surface area contributed by atoms with Crippen LogP contribution in [0.4, 0.5) is 0 Å². The van der Waals surface area contributed by atoms with E-state index >= 15 is 0 Å². The van der Waals surface area contributed by atoms with Gasteiger partial charge in [-0.2, -0.15) is 0 Å². The molecule has 1 aliphatic rings. The number of amides is 1. The Balaban J connectivity index is 1.33. The van der Waals surface area contributed by atoms with Crippen LogP contribution in [0.25, 0.3) is 10.9 Å². The van der Waals surface area contributed by atoms with Crippen LogP contribution in [0.5, 0.6) is 11.5 Å². The first-order chi connectivity index (χ1) is 17.2. The van der Waals surface area contributed by atoms with Crippen molar-refractivity contribution < 1.29 is 19.0 Å². The van der Waals surface area contributed by atoms with Gasteiger partial charge in [0.05, 0.1) is 13.2 Å². The quantitative estimate of drug-likeness (QED) is 0.348. The van der Waals surface area contributed by atoms with Crippen molar-refractivity contribution in [2.75, 3.05) is 26.9 Å². The number of nitrogens with one attached hydrogen (secondary N) is 2. The number of hydrogen-bond donors (Lipinski definition) is 2. The summed E-state index contributed by atoms with van der Waals surface area (Å²) in [5.41, 5.74) is 3.88. The summed E-state index contributed by atoms with van der Waals surface area (Å²) >= 11 is 0. The van der Waals surface area contributed by atoms with E-state index in [1.807, 2.05) is 48.7 Å². The molecule has 0 saturated carbocycles. The fourth-order valence-corrected chi connectivity index (χ4v) is 4.61. The van der Waals surface area contributed by atoms with Crippen LogP contribution in [0, 0.1) is 0 Å². The van der Waals surface area contributed by atoms with Crippen LogP contribution in [0.2, 0.25) is 0 Å². The van der Waals surface area contributed by atoms with Crippen LogP contribution in [0.3, 0.4) is 0 Å². The maximum absolute atomic E-state index is 13.1. The number of hydrogen-bond acceptors (Lipinski definition) is 4. The molecule has 1 fully saturated rings. The Morgan fingerprint density at radius 2 is 1.94 bits per heavy atom. The van der Waals surface area contributed by atoms with E-state index in [1.165, 1.54) is 0 Å². The first-order valence-corrected chi connectivity index (χ1v) is 12.0. The summed E-state index contributed by atoms with van der Waals surface area (Å²) in [5.74, 6) is 1.32. The fourth-order valence-electron chi connectivity index (χ4n) is 4.61. The minimum atomic E-state index is -0.133. The van der Waals surface area contributed by atoms with E-state index < -0.39 is 0 Å². The Morgan fingerprint density at radius 1 is 1.09 bits per heavy atom. The summed E-state index contributed by atoms with van der Waals surface area (Å²) in [6, 6.07) is 23.5. The molecular formula is C29H30N2O4. The lowest BCUT2D eigenvalue weighted by atomic mass is 9.90. The van der Waals surface area contributed by atoms with Gasteiger partial charge in [-0.3, -0.25) is 4.79 Å². The maximum atomic E-state index is 13.1. The lowest BCUT2D eigenvalue weighted by Gasteiger charge is -2.19. The summed E-state index contributed by atoms with van der Waals surface area (Å²) in [4.78, 5) is 16.5. The Hall–Kier alpha value is -3.77. The molecule has 2 N–H and O–H groups in total. The number of H-pyrrole nitrogens is 1. The van der Waals surface area contributed by atoms with Gasteiger partial charge < -0.3 is 24.5 Å². The molecule has 1 aliphatic heterocycles. The van der Waals surface area contributed by atoms with Crippen molar-refractivity contribution in [3.63, 3.8) is 0 Å². The van der Waals surface area contributed by atoms with E-state index in [0.29, 0.717) is 24.5 Å². The SMILES string of the molecule is COc1ccc(C(CNC(=O)c2cccc(OCC3CCCO3)c2)c2c[nH]c3ccccc23)cc1. The van der Waals surface area contributed by atoms with Crippen LogP contribution >= 0.6 is 0 Å². The van der Waals surface area contributed by atoms with Gasteiger partial charge in [-0.05, 0) is 60.4 Å². The molecule has 2 unspecified atom stereocenters. The smallest absolute Gasteiger partial charge is 0.251 e. The number of carbonyl (C=O) groups is 1. The highest BCUT2D eigenvalue weighted by Gasteiger charge is 2.20. The number of carbonyl (C=O) groups excluding carboxylic acids is 1. The molecule has 0 aliphatic carbocycles. The van der Waals surface area contributed by atoms with Gasteiger partial charge in [0.15, 0.2) is 0 Å².